The highest BCUT2D eigenvalue weighted by molar-refractivity contribution is 6.70. The van der Waals surface area contributed by atoms with E-state index in [1.165, 1.54) is 6.08 Å². The molecule has 4 heteroatoms. The van der Waals surface area contributed by atoms with Gasteiger partial charge in [0, 0.05) is 6.08 Å². The van der Waals surface area contributed by atoms with E-state index < -0.39 is 14.3 Å². The fourth-order valence-electron chi connectivity index (χ4n) is 2.34. The lowest BCUT2D eigenvalue weighted by Gasteiger charge is -2.21. The number of aryl methyl sites for hydroxylation is 1. The van der Waals surface area contributed by atoms with Gasteiger partial charge in [-0.1, -0.05) is 36.4 Å². The number of rotatable bonds is 5. The standard InChI is InChI=1S/C19H22O3Si/c1-14-12-16(10-11-18(14)22-23(2,3)4)17(13-19(20)21)15-8-6-5-7-9-15/h5-13H,1-4H3,(H,20,21)/b17-13+. The fourth-order valence-corrected chi connectivity index (χ4v) is 3.22. The summed E-state index contributed by atoms with van der Waals surface area (Å²) in [6, 6.07) is 15.4. The van der Waals surface area contributed by atoms with Gasteiger partial charge < -0.3 is 9.53 Å². The van der Waals surface area contributed by atoms with Crippen LogP contribution in [-0.4, -0.2) is 19.4 Å². The Morgan fingerprint density at radius 2 is 1.70 bits per heavy atom. The van der Waals surface area contributed by atoms with Crippen molar-refractivity contribution in [2.75, 3.05) is 0 Å². The van der Waals surface area contributed by atoms with E-state index in [1.54, 1.807) is 0 Å². The van der Waals surface area contributed by atoms with Crippen LogP contribution < -0.4 is 4.43 Å². The Morgan fingerprint density at radius 3 is 2.22 bits per heavy atom. The van der Waals surface area contributed by atoms with Gasteiger partial charge in [0.2, 0.25) is 8.32 Å². The van der Waals surface area contributed by atoms with Crippen molar-refractivity contribution in [2.24, 2.45) is 0 Å². The smallest absolute Gasteiger partial charge is 0.328 e. The molecule has 0 fully saturated rings. The van der Waals surface area contributed by atoms with E-state index in [-0.39, 0.29) is 0 Å². The van der Waals surface area contributed by atoms with Crippen molar-refractivity contribution in [3.05, 3.63) is 71.3 Å². The van der Waals surface area contributed by atoms with E-state index in [0.717, 1.165) is 22.4 Å². The maximum absolute atomic E-state index is 11.2. The molecule has 1 N–H and O–H groups in total. The molecule has 0 aromatic heterocycles. The van der Waals surface area contributed by atoms with Crippen molar-refractivity contribution >= 4 is 19.9 Å². The number of hydrogen-bond donors (Lipinski definition) is 1. The normalized spacial score (nSPS) is 12.1. The molecule has 120 valence electrons. The quantitative estimate of drug-likeness (QED) is 0.638. The topological polar surface area (TPSA) is 46.5 Å². The molecule has 2 aromatic carbocycles. The highest BCUT2D eigenvalue weighted by Gasteiger charge is 2.18. The first-order chi connectivity index (χ1) is 10.8. The zero-order valence-corrected chi connectivity index (χ0v) is 15.0. The van der Waals surface area contributed by atoms with Gasteiger partial charge in [0.25, 0.3) is 0 Å². The molecule has 0 bridgehead atoms. The van der Waals surface area contributed by atoms with Gasteiger partial charge >= 0.3 is 5.97 Å². The Morgan fingerprint density at radius 1 is 1.04 bits per heavy atom. The van der Waals surface area contributed by atoms with Crippen molar-refractivity contribution in [3.8, 4) is 5.75 Å². The van der Waals surface area contributed by atoms with Gasteiger partial charge in [-0.3, -0.25) is 0 Å². The Kier molecular flexibility index (Phi) is 5.06. The monoisotopic (exact) mass is 326 g/mol. The van der Waals surface area contributed by atoms with Crippen molar-refractivity contribution in [1.82, 2.24) is 0 Å². The van der Waals surface area contributed by atoms with Gasteiger partial charge in [0.15, 0.2) is 0 Å². The maximum atomic E-state index is 11.2. The van der Waals surface area contributed by atoms with Gasteiger partial charge in [-0.25, -0.2) is 4.79 Å². The van der Waals surface area contributed by atoms with Crippen LogP contribution in [0.1, 0.15) is 16.7 Å². The van der Waals surface area contributed by atoms with Crippen LogP contribution in [0.3, 0.4) is 0 Å². The average molecular weight is 326 g/mol. The first kappa shape index (κ1) is 17.0. The van der Waals surface area contributed by atoms with E-state index in [2.05, 4.69) is 19.6 Å². The summed E-state index contributed by atoms with van der Waals surface area (Å²) >= 11 is 0. The van der Waals surface area contributed by atoms with Crippen molar-refractivity contribution in [3.63, 3.8) is 0 Å². The van der Waals surface area contributed by atoms with Crippen LogP contribution in [0.4, 0.5) is 0 Å². The predicted molar refractivity (Wildman–Crippen MR) is 96.3 cm³/mol. The number of carbonyl (C=O) groups is 1. The second-order valence-corrected chi connectivity index (χ2v) is 10.9. The third-order valence-corrected chi connectivity index (χ3v) is 4.09. The van der Waals surface area contributed by atoms with Crippen LogP contribution in [0.2, 0.25) is 19.6 Å². The summed E-state index contributed by atoms with van der Waals surface area (Å²) in [6.45, 7) is 8.41. The largest absolute Gasteiger partial charge is 0.544 e. The molecule has 0 amide bonds. The predicted octanol–water partition coefficient (Wildman–Crippen LogP) is 4.73. The molecule has 0 unspecified atom stereocenters. The van der Waals surface area contributed by atoms with E-state index in [1.807, 2.05) is 55.5 Å². The summed E-state index contributed by atoms with van der Waals surface area (Å²) in [7, 11) is -1.67. The van der Waals surface area contributed by atoms with E-state index in [9.17, 15) is 9.90 Å². The number of hydrogen-bond acceptors (Lipinski definition) is 2. The summed E-state index contributed by atoms with van der Waals surface area (Å²) < 4.78 is 6.06. The SMILES string of the molecule is Cc1cc(/C(=C/C(=O)O)c2ccccc2)ccc1O[Si](C)(C)C. The second-order valence-electron chi connectivity index (χ2n) is 6.46. The van der Waals surface area contributed by atoms with Crippen LogP contribution in [0.15, 0.2) is 54.6 Å². The van der Waals surface area contributed by atoms with E-state index in [4.69, 9.17) is 4.43 Å². The third-order valence-electron chi connectivity index (χ3n) is 3.25. The van der Waals surface area contributed by atoms with Crippen molar-refractivity contribution < 1.29 is 14.3 Å². The van der Waals surface area contributed by atoms with Crippen LogP contribution in [0.25, 0.3) is 5.57 Å². The van der Waals surface area contributed by atoms with Crippen LogP contribution >= 0.6 is 0 Å². The molecule has 0 aliphatic rings. The zero-order chi connectivity index (χ0) is 17.0. The van der Waals surface area contributed by atoms with Gasteiger partial charge in [0.1, 0.15) is 5.75 Å². The summed E-state index contributed by atoms with van der Waals surface area (Å²) in [4.78, 5) is 11.2. The van der Waals surface area contributed by atoms with Gasteiger partial charge in [-0.05, 0) is 61.0 Å². The Labute approximate surface area is 138 Å². The molecule has 0 aliphatic heterocycles. The first-order valence-corrected chi connectivity index (χ1v) is 11.0. The Bertz CT molecular complexity index is 728. The number of benzene rings is 2. The molecule has 0 atom stereocenters. The molecule has 0 saturated carbocycles. The lowest BCUT2D eigenvalue weighted by atomic mass is 9.96. The fraction of sp³-hybridized carbons (Fsp3) is 0.211. The third kappa shape index (κ3) is 4.83. The van der Waals surface area contributed by atoms with E-state index >= 15 is 0 Å². The summed E-state index contributed by atoms with van der Waals surface area (Å²) in [5.74, 6) is -0.0837. The van der Waals surface area contributed by atoms with Crippen LogP contribution in [0.5, 0.6) is 5.75 Å². The summed E-state index contributed by atoms with van der Waals surface area (Å²) in [5.41, 5.74) is 3.46. The lowest BCUT2D eigenvalue weighted by Crippen LogP contribution is -2.29. The molecule has 23 heavy (non-hydrogen) atoms. The number of carboxylic acids is 1. The molecule has 0 radical (unpaired) electrons. The molecule has 0 heterocycles. The van der Waals surface area contributed by atoms with Crippen molar-refractivity contribution in [2.45, 2.75) is 26.6 Å². The van der Waals surface area contributed by atoms with Gasteiger partial charge in [-0.2, -0.15) is 0 Å². The van der Waals surface area contributed by atoms with Crippen LogP contribution in [0, 0.1) is 6.92 Å². The molecule has 2 aromatic rings. The highest BCUT2D eigenvalue weighted by Crippen LogP contribution is 2.29. The first-order valence-electron chi connectivity index (χ1n) is 7.56. The summed E-state index contributed by atoms with van der Waals surface area (Å²) in [6.07, 6.45) is 1.25. The number of carboxylic acid groups (broad SMARTS) is 1. The Balaban J connectivity index is 2.45. The Hall–Kier alpha value is -2.33. The van der Waals surface area contributed by atoms with E-state index in [0.29, 0.717) is 5.57 Å². The minimum Gasteiger partial charge on any atom is -0.544 e. The number of aliphatic carboxylic acids is 1. The molecule has 2 rings (SSSR count). The summed E-state index contributed by atoms with van der Waals surface area (Å²) in [5, 5.41) is 9.19. The molecular weight excluding hydrogens is 304 g/mol. The minimum absolute atomic E-state index is 0.695. The minimum atomic E-state index is -1.67. The highest BCUT2D eigenvalue weighted by atomic mass is 28.4. The molecule has 0 saturated heterocycles. The molecule has 0 aliphatic carbocycles. The second kappa shape index (κ2) is 6.83. The molecule has 3 nitrogen and oxygen atoms in total. The molecular formula is C19H22O3Si. The van der Waals surface area contributed by atoms with Crippen molar-refractivity contribution in [1.29, 1.82) is 0 Å². The lowest BCUT2D eigenvalue weighted by molar-refractivity contribution is -0.131. The zero-order valence-electron chi connectivity index (χ0n) is 14.0. The van der Waals surface area contributed by atoms with Gasteiger partial charge in [0.05, 0.1) is 0 Å². The molecule has 0 spiro atoms. The van der Waals surface area contributed by atoms with Crippen LogP contribution in [-0.2, 0) is 4.79 Å². The van der Waals surface area contributed by atoms with Gasteiger partial charge in [-0.15, -0.1) is 0 Å². The average Bonchev–Trinajstić information content (AvgIpc) is 2.46. The maximum Gasteiger partial charge on any atom is 0.328 e.